The van der Waals surface area contributed by atoms with E-state index in [1.54, 1.807) is 23.5 Å². The van der Waals surface area contributed by atoms with Crippen LogP contribution in [-0.2, 0) is 6.54 Å². The fourth-order valence-electron chi connectivity index (χ4n) is 1.66. The lowest BCUT2D eigenvalue weighted by Gasteiger charge is -2.20. The molecule has 0 aliphatic carbocycles. The largest absolute Gasteiger partial charge is 0.368 e. The van der Waals surface area contributed by atoms with Crippen LogP contribution in [0, 0.1) is 18.3 Å². The molecule has 1 heterocycles. The minimum Gasteiger partial charge on any atom is -0.368 e. The van der Waals surface area contributed by atoms with Gasteiger partial charge in [0.15, 0.2) is 0 Å². The number of benzene rings is 1. The first kappa shape index (κ1) is 12.9. The zero-order chi connectivity index (χ0) is 13.1. The summed E-state index contributed by atoms with van der Waals surface area (Å²) in [6.07, 6.45) is 0. The van der Waals surface area contributed by atoms with E-state index in [0.717, 1.165) is 17.9 Å². The van der Waals surface area contributed by atoms with Crippen molar-refractivity contribution < 1.29 is 0 Å². The second-order valence-corrected chi connectivity index (χ2v) is 5.34. The molecule has 0 aliphatic heterocycles. The summed E-state index contributed by atoms with van der Waals surface area (Å²) in [6, 6.07) is 7.41. The van der Waals surface area contributed by atoms with Gasteiger partial charge in [0.25, 0.3) is 0 Å². The Hall–Kier alpha value is -1.57. The van der Waals surface area contributed by atoms with Gasteiger partial charge in [-0.3, -0.25) is 0 Å². The number of hydrogen-bond donors (Lipinski definition) is 0. The van der Waals surface area contributed by atoms with E-state index >= 15 is 0 Å². The summed E-state index contributed by atoms with van der Waals surface area (Å²) in [4.78, 5) is 7.51. The molecule has 0 spiro atoms. The quantitative estimate of drug-likeness (QED) is 0.860. The zero-order valence-electron chi connectivity index (χ0n) is 10.1. The Balaban J connectivity index is 2.22. The van der Waals surface area contributed by atoms with Crippen molar-refractivity contribution in [2.45, 2.75) is 13.5 Å². The normalized spacial score (nSPS) is 10.1. The van der Waals surface area contributed by atoms with Gasteiger partial charge in [0, 0.05) is 11.9 Å². The highest BCUT2D eigenvalue weighted by Gasteiger charge is 2.10. The first-order chi connectivity index (χ1) is 8.61. The molecule has 0 bridgehead atoms. The van der Waals surface area contributed by atoms with Gasteiger partial charge in [-0.2, -0.15) is 5.26 Å². The molecule has 92 valence electrons. The fourth-order valence-corrected chi connectivity index (χ4v) is 2.82. The van der Waals surface area contributed by atoms with Crippen molar-refractivity contribution in [3.8, 4) is 6.07 Å². The number of hydrogen-bond acceptors (Lipinski definition) is 4. The van der Waals surface area contributed by atoms with Crippen LogP contribution in [0.15, 0.2) is 23.7 Å². The van der Waals surface area contributed by atoms with Crippen molar-refractivity contribution in [1.29, 1.82) is 5.26 Å². The van der Waals surface area contributed by atoms with Gasteiger partial charge in [0.1, 0.15) is 0 Å². The first-order valence-electron chi connectivity index (χ1n) is 5.41. The summed E-state index contributed by atoms with van der Waals surface area (Å²) < 4.78 is 0. The van der Waals surface area contributed by atoms with Crippen molar-refractivity contribution in [2.75, 3.05) is 11.9 Å². The number of nitrogens with zero attached hydrogens (tertiary/aromatic N) is 3. The van der Waals surface area contributed by atoms with Crippen LogP contribution in [0.1, 0.15) is 16.1 Å². The highest BCUT2D eigenvalue weighted by atomic mass is 35.5. The van der Waals surface area contributed by atoms with Crippen molar-refractivity contribution in [2.24, 2.45) is 0 Å². The van der Waals surface area contributed by atoms with E-state index in [2.05, 4.69) is 16.0 Å². The fraction of sp³-hybridized carbons (Fsp3) is 0.231. The van der Waals surface area contributed by atoms with Gasteiger partial charge >= 0.3 is 0 Å². The lowest BCUT2D eigenvalue weighted by Crippen LogP contribution is -2.16. The number of thiazole rings is 1. The first-order valence-corrected chi connectivity index (χ1v) is 6.67. The molecule has 18 heavy (non-hydrogen) atoms. The zero-order valence-corrected chi connectivity index (χ0v) is 11.7. The van der Waals surface area contributed by atoms with Crippen LogP contribution in [-0.4, -0.2) is 12.0 Å². The average molecular weight is 278 g/mol. The molecule has 2 aromatic rings. The van der Waals surface area contributed by atoms with E-state index in [0.29, 0.717) is 10.6 Å². The second kappa shape index (κ2) is 5.38. The van der Waals surface area contributed by atoms with E-state index < -0.39 is 0 Å². The molecule has 0 aliphatic rings. The summed E-state index contributed by atoms with van der Waals surface area (Å²) >= 11 is 7.82. The Morgan fingerprint density at radius 2 is 2.28 bits per heavy atom. The van der Waals surface area contributed by atoms with Crippen LogP contribution in [0.2, 0.25) is 5.02 Å². The molecular formula is C13H12ClN3S. The molecule has 0 fully saturated rings. The Morgan fingerprint density at radius 1 is 1.50 bits per heavy atom. The second-order valence-electron chi connectivity index (χ2n) is 4.00. The Morgan fingerprint density at radius 3 is 2.83 bits per heavy atom. The molecule has 0 amide bonds. The third-order valence-electron chi connectivity index (χ3n) is 2.71. The number of aryl methyl sites for hydroxylation is 1. The maximum atomic E-state index is 8.81. The molecule has 2 rings (SSSR count). The lowest BCUT2D eigenvalue weighted by molar-refractivity contribution is 0.926. The van der Waals surface area contributed by atoms with Gasteiger partial charge in [-0.25, -0.2) is 4.98 Å². The molecule has 0 saturated heterocycles. The molecule has 5 heteroatoms. The van der Waals surface area contributed by atoms with E-state index in [1.165, 1.54) is 4.88 Å². The topological polar surface area (TPSA) is 39.9 Å². The third kappa shape index (κ3) is 2.63. The summed E-state index contributed by atoms with van der Waals surface area (Å²) in [5.41, 5.74) is 4.39. The molecule has 0 N–H and O–H groups in total. The van der Waals surface area contributed by atoms with Crippen LogP contribution in [0.25, 0.3) is 0 Å². The molecule has 1 aromatic heterocycles. The van der Waals surface area contributed by atoms with Crippen LogP contribution in [0.5, 0.6) is 0 Å². The van der Waals surface area contributed by atoms with Crippen LogP contribution >= 0.6 is 22.9 Å². The Kier molecular flexibility index (Phi) is 3.85. The lowest BCUT2D eigenvalue weighted by atomic mass is 10.2. The Bertz CT molecular complexity index is 601. The minimum absolute atomic E-state index is 0.575. The summed E-state index contributed by atoms with van der Waals surface area (Å²) in [5.74, 6) is 0. The third-order valence-corrected chi connectivity index (χ3v) is 3.94. The van der Waals surface area contributed by atoms with Crippen molar-refractivity contribution >= 4 is 28.6 Å². The van der Waals surface area contributed by atoms with Gasteiger partial charge in [-0.05, 0) is 25.1 Å². The smallest absolute Gasteiger partial charge is 0.0992 e. The van der Waals surface area contributed by atoms with Gasteiger partial charge in [0.05, 0.1) is 40.1 Å². The van der Waals surface area contributed by atoms with Crippen molar-refractivity contribution in [3.05, 3.63) is 44.9 Å². The van der Waals surface area contributed by atoms with Crippen LogP contribution < -0.4 is 4.90 Å². The van der Waals surface area contributed by atoms with E-state index in [9.17, 15) is 0 Å². The molecule has 0 unspecified atom stereocenters. The van der Waals surface area contributed by atoms with Gasteiger partial charge in [-0.15, -0.1) is 11.3 Å². The average Bonchev–Trinajstić information content (AvgIpc) is 2.74. The SMILES string of the molecule is Cc1ncsc1CN(C)c1ccc(C#N)cc1Cl. The van der Waals surface area contributed by atoms with Crippen molar-refractivity contribution in [1.82, 2.24) is 4.98 Å². The Labute approximate surface area is 115 Å². The number of aromatic nitrogens is 1. The van der Waals surface area contributed by atoms with Crippen LogP contribution in [0.4, 0.5) is 5.69 Å². The van der Waals surface area contributed by atoms with E-state index in [4.69, 9.17) is 16.9 Å². The molecule has 0 atom stereocenters. The maximum absolute atomic E-state index is 8.81. The molecule has 3 nitrogen and oxygen atoms in total. The van der Waals surface area contributed by atoms with Crippen LogP contribution in [0.3, 0.4) is 0 Å². The van der Waals surface area contributed by atoms with Gasteiger partial charge in [-0.1, -0.05) is 11.6 Å². The van der Waals surface area contributed by atoms with E-state index in [1.807, 2.05) is 25.5 Å². The van der Waals surface area contributed by atoms with E-state index in [-0.39, 0.29) is 0 Å². The highest BCUT2D eigenvalue weighted by Crippen LogP contribution is 2.28. The van der Waals surface area contributed by atoms with Crippen molar-refractivity contribution in [3.63, 3.8) is 0 Å². The number of nitriles is 1. The standard InChI is InChI=1S/C13H12ClN3S/c1-9-13(18-8-16-9)7-17(2)12-4-3-10(6-15)5-11(12)14/h3-5,8H,7H2,1-2H3. The minimum atomic E-state index is 0.575. The number of rotatable bonds is 3. The molecule has 0 saturated carbocycles. The molecular weight excluding hydrogens is 266 g/mol. The predicted octanol–water partition coefficient (Wildman–Crippen LogP) is 3.61. The summed E-state index contributed by atoms with van der Waals surface area (Å²) in [5, 5.41) is 9.40. The number of anilines is 1. The number of halogens is 1. The maximum Gasteiger partial charge on any atom is 0.0992 e. The monoisotopic (exact) mass is 277 g/mol. The molecule has 1 aromatic carbocycles. The van der Waals surface area contributed by atoms with Gasteiger partial charge < -0.3 is 4.90 Å². The highest BCUT2D eigenvalue weighted by molar-refractivity contribution is 7.09. The van der Waals surface area contributed by atoms with Gasteiger partial charge in [0.2, 0.25) is 0 Å². The predicted molar refractivity (Wildman–Crippen MR) is 75.1 cm³/mol. The molecule has 0 radical (unpaired) electrons. The summed E-state index contributed by atoms with van der Waals surface area (Å²) in [7, 11) is 1.98. The summed E-state index contributed by atoms with van der Waals surface area (Å²) in [6.45, 7) is 2.77.